The zero-order chi connectivity index (χ0) is 14.8. The largest absolute Gasteiger partial charge is 0.302 e. The molecular weight excluding hydrogens is 289 g/mol. The number of hydrogen-bond acceptors (Lipinski definition) is 4. The quantitative estimate of drug-likeness (QED) is 0.948. The summed E-state index contributed by atoms with van der Waals surface area (Å²) in [7, 11) is 0. The van der Waals surface area contributed by atoms with E-state index in [1.54, 1.807) is 12.1 Å². The average molecular weight is 305 g/mol. The maximum atomic E-state index is 13.2. The molecule has 110 valence electrons. The SMILES string of the molecule is CC(=O)Nc1nc2c(s1)CN(Cc1cccc(F)c1)CC2. The lowest BCUT2D eigenvalue weighted by molar-refractivity contribution is -0.114. The Bertz CT molecular complexity index is 671. The molecule has 1 amide bonds. The Morgan fingerprint density at radius 2 is 2.38 bits per heavy atom. The third kappa shape index (κ3) is 3.46. The number of nitrogens with one attached hydrogen (secondary N) is 1. The first-order valence-corrected chi connectivity index (χ1v) is 7.65. The molecule has 1 aromatic heterocycles. The molecule has 0 aliphatic carbocycles. The van der Waals surface area contributed by atoms with Gasteiger partial charge in [-0.25, -0.2) is 9.37 Å². The van der Waals surface area contributed by atoms with Gasteiger partial charge in [0.05, 0.1) is 5.69 Å². The molecule has 0 atom stereocenters. The Morgan fingerprint density at radius 1 is 1.52 bits per heavy atom. The number of anilines is 1. The summed E-state index contributed by atoms with van der Waals surface area (Å²) in [5.41, 5.74) is 2.05. The summed E-state index contributed by atoms with van der Waals surface area (Å²) < 4.78 is 13.2. The Hall–Kier alpha value is -1.79. The van der Waals surface area contributed by atoms with Crippen molar-refractivity contribution in [1.82, 2.24) is 9.88 Å². The molecule has 1 aliphatic rings. The van der Waals surface area contributed by atoms with Crippen LogP contribution in [0, 0.1) is 5.82 Å². The van der Waals surface area contributed by atoms with Crippen molar-refractivity contribution in [3.8, 4) is 0 Å². The van der Waals surface area contributed by atoms with Crippen LogP contribution in [0.1, 0.15) is 23.1 Å². The topological polar surface area (TPSA) is 45.2 Å². The van der Waals surface area contributed by atoms with Crippen molar-refractivity contribution < 1.29 is 9.18 Å². The van der Waals surface area contributed by atoms with E-state index in [1.807, 2.05) is 6.07 Å². The summed E-state index contributed by atoms with van der Waals surface area (Å²) >= 11 is 1.52. The van der Waals surface area contributed by atoms with E-state index in [-0.39, 0.29) is 11.7 Å². The van der Waals surface area contributed by atoms with E-state index < -0.39 is 0 Å². The second-order valence-corrected chi connectivity index (χ2v) is 6.24. The van der Waals surface area contributed by atoms with Gasteiger partial charge in [-0.15, -0.1) is 11.3 Å². The summed E-state index contributed by atoms with van der Waals surface area (Å²) in [6.45, 7) is 3.90. The number of thiazole rings is 1. The van der Waals surface area contributed by atoms with E-state index in [9.17, 15) is 9.18 Å². The summed E-state index contributed by atoms with van der Waals surface area (Å²) in [4.78, 5) is 19.0. The Kier molecular flexibility index (Phi) is 3.98. The molecule has 6 heteroatoms. The summed E-state index contributed by atoms with van der Waals surface area (Å²) in [6.07, 6.45) is 0.862. The number of aromatic nitrogens is 1. The van der Waals surface area contributed by atoms with Gasteiger partial charge in [0.25, 0.3) is 0 Å². The monoisotopic (exact) mass is 305 g/mol. The van der Waals surface area contributed by atoms with Crippen LogP contribution in [0.15, 0.2) is 24.3 Å². The van der Waals surface area contributed by atoms with Crippen molar-refractivity contribution in [3.63, 3.8) is 0 Å². The second kappa shape index (κ2) is 5.91. The minimum absolute atomic E-state index is 0.0993. The average Bonchev–Trinajstić information content (AvgIpc) is 2.79. The molecule has 2 heterocycles. The third-order valence-electron chi connectivity index (χ3n) is 3.39. The molecule has 0 fully saturated rings. The van der Waals surface area contributed by atoms with Crippen molar-refractivity contribution in [1.29, 1.82) is 0 Å². The molecule has 0 radical (unpaired) electrons. The molecule has 0 bridgehead atoms. The number of fused-ring (bicyclic) bond motifs is 1. The maximum Gasteiger partial charge on any atom is 0.223 e. The highest BCUT2D eigenvalue weighted by Crippen LogP contribution is 2.29. The van der Waals surface area contributed by atoms with Crippen molar-refractivity contribution in [2.24, 2.45) is 0 Å². The molecule has 0 unspecified atom stereocenters. The van der Waals surface area contributed by atoms with E-state index in [0.717, 1.165) is 37.3 Å². The first-order chi connectivity index (χ1) is 10.1. The molecule has 1 aliphatic heterocycles. The van der Waals surface area contributed by atoms with Gasteiger partial charge in [-0.1, -0.05) is 12.1 Å². The zero-order valence-corrected chi connectivity index (χ0v) is 12.5. The number of carbonyl (C=O) groups excluding carboxylic acids is 1. The van der Waals surface area contributed by atoms with E-state index in [1.165, 1.54) is 29.2 Å². The Labute approximate surface area is 126 Å². The molecule has 3 rings (SSSR count). The van der Waals surface area contributed by atoms with Crippen molar-refractivity contribution >= 4 is 22.4 Å². The van der Waals surface area contributed by atoms with Crippen LogP contribution < -0.4 is 5.32 Å². The van der Waals surface area contributed by atoms with E-state index in [2.05, 4.69) is 15.2 Å². The minimum Gasteiger partial charge on any atom is -0.302 e. The van der Waals surface area contributed by atoms with Crippen LogP contribution in [0.4, 0.5) is 9.52 Å². The smallest absolute Gasteiger partial charge is 0.223 e. The Balaban J connectivity index is 1.69. The van der Waals surface area contributed by atoms with Crippen LogP contribution >= 0.6 is 11.3 Å². The van der Waals surface area contributed by atoms with Crippen molar-refractivity contribution in [2.75, 3.05) is 11.9 Å². The van der Waals surface area contributed by atoms with E-state index in [4.69, 9.17) is 0 Å². The lowest BCUT2D eigenvalue weighted by Crippen LogP contribution is -2.29. The zero-order valence-electron chi connectivity index (χ0n) is 11.7. The van der Waals surface area contributed by atoms with E-state index in [0.29, 0.717) is 5.13 Å². The van der Waals surface area contributed by atoms with Crippen molar-refractivity contribution in [2.45, 2.75) is 26.4 Å². The maximum absolute atomic E-state index is 13.2. The summed E-state index contributed by atoms with van der Waals surface area (Å²) in [6, 6.07) is 6.71. The molecule has 21 heavy (non-hydrogen) atoms. The van der Waals surface area contributed by atoms with Gasteiger partial charge in [-0.3, -0.25) is 9.69 Å². The molecule has 1 N–H and O–H groups in total. The van der Waals surface area contributed by atoms with Crippen LogP contribution in [-0.2, 0) is 24.3 Å². The number of benzene rings is 1. The van der Waals surface area contributed by atoms with Gasteiger partial charge in [-0.05, 0) is 17.7 Å². The number of carbonyl (C=O) groups is 1. The number of rotatable bonds is 3. The van der Waals surface area contributed by atoms with Gasteiger partial charge in [0, 0.05) is 37.9 Å². The normalized spacial score (nSPS) is 14.8. The highest BCUT2D eigenvalue weighted by molar-refractivity contribution is 7.15. The van der Waals surface area contributed by atoms with Gasteiger partial charge in [-0.2, -0.15) is 0 Å². The fourth-order valence-corrected chi connectivity index (χ4v) is 3.58. The molecular formula is C15H16FN3OS. The summed E-state index contributed by atoms with van der Waals surface area (Å²) in [5, 5.41) is 3.40. The van der Waals surface area contributed by atoms with Gasteiger partial charge in [0.15, 0.2) is 5.13 Å². The van der Waals surface area contributed by atoms with E-state index >= 15 is 0 Å². The first kappa shape index (κ1) is 14.2. The van der Waals surface area contributed by atoms with Crippen LogP contribution in [0.5, 0.6) is 0 Å². The minimum atomic E-state index is -0.198. The van der Waals surface area contributed by atoms with Gasteiger partial charge < -0.3 is 5.32 Å². The van der Waals surface area contributed by atoms with Crippen molar-refractivity contribution in [3.05, 3.63) is 46.2 Å². The molecule has 1 aromatic carbocycles. The van der Waals surface area contributed by atoms with Gasteiger partial charge in [0.2, 0.25) is 5.91 Å². The predicted molar refractivity (Wildman–Crippen MR) is 80.6 cm³/mol. The van der Waals surface area contributed by atoms with Gasteiger partial charge in [0.1, 0.15) is 5.82 Å². The molecule has 2 aromatic rings. The van der Waals surface area contributed by atoms with Crippen LogP contribution in [-0.4, -0.2) is 22.3 Å². The van der Waals surface area contributed by atoms with Crippen LogP contribution in [0.3, 0.4) is 0 Å². The second-order valence-electron chi connectivity index (χ2n) is 5.16. The van der Waals surface area contributed by atoms with Crippen LogP contribution in [0.25, 0.3) is 0 Å². The molecule has 0 saturated carbocycles. The highest BCUT2D eigenvalue weighted by atomic mass is 32.1. The number of nitrogens with zero attached hydrogens (tertiary/aromatic N) is 2. The number of halogens is 1. The third-order valence-corrected chi connectivity index (χ3v) is 4.39. The lowest BCUT2D eigenvalue weighted by atomic mass is 10.1. The standard InChI is InChI=1S/C15H16FN3OS/c1-10(20)17-15-18-13-5-6-19(9-14(13)21-15)8-11-3-2-4-12(16)7-11/h2-4,7H,5-6,8-9H2,1H3,(H,17,18,20). The molecule has 0 saturated heterocycles. The first-order valence-electron chi connectivity index (χ1n) is 6.83. The highest BCUT2D eigenvalue weighted by Gasteiger charge is 2.21. The fourth-order valence-electron chi connectivity index (χ4n) is 2.48. The lowest BCUT2D eigenvalue weighted by Gasteiger charge is -2.25. The van der Waals surface area contributed by atoms with Crippen LogP contribution in [0.2, 0.25) is 0 Å². The molecule has 0 spiro atoms. The summed E-state index contributed by atoms with van der Waals surface area (Å²) in [5.74, 6) is -0.298. The van der Waals surface area contributed by atoms with Gasteiger partial charge >= 0.3 is 0 Å². The fraction of sp³-hybridized carbons (Fsp3) is 0.333. The molecule has 4 nitrogen and oxygen atoms in total. The Morgan fingerprint density at radius 3 is 3.14 bits per heavy atom. The predicted octanol–water partition coefficient (Wildman–Crippen LogP) is 2.80. The number of hydrogen-bond donors (Lipinski definition) is 1. The number of amides is 1.